The Morgan fingerprint density at radius 2 is 1.78 bits per heavy atom. The second-order valence-corrected chi connectivity index (χ2v) is 14.8. The van der Waals surface area contributed by atoms with Crippen LogP contribution in [0.15, 0.2) is 47.6 Å². The fourth-order valence-electron chi connectivity index (χ4n) is 8.76. The summed E-state index contributed by atoms with van der Waals surface area (Å²) in [5.41, 5.74) is 2.80. The van der Waals surface area contributed by atoms with E-state index in [-0.39, 0.29) is 16.6 Å². The minimum Gasteiger partial charge on any atom is -0.393 e. The van der Waals surface area contributed by atoms with E-state index in [0.29, 0.717) is 31.1 Å². The van der Waals surface area contributed by atoms with Gasteiger partial charge >= 0.3 is 0 Å². The molecule has 0 heterocycles. The van der Waals surface area contributed by atoms with E-state index in [1.54, 1.807) is 0 Å². The van der Waals surface area contributed by atoms with Crippen molar-refractivity contribution < 1.29 is 20.1 Å². The molecule has 0 radical (unpaired) electrons. The van der Waals surface area contributed by atoms with Crippen LogP contribution in [-0.2, 0) is 4.79 Å². The molecular formula is C37H58O4. The van der Waals surface area contributed by atoms with Gasteiger partial charge in [0.1, 0.15) is 5.78 Å². The molecule has 4 aliphatic carbocycles. The van der Waals surface area contributed by atoms with Gasteiger partial charge in [0.05, 0.1) is 23.7 Å². The van der Waals surface area contributed by atoms with Crippen LogP contribution in [0.3, 0.4) is 0 Å². The van der Waals surface area contributed by atoms with Crippen LogP contribution >= 0.6 is 0 Å². The summed E-state index contributed by atoms with van der Waals surface area (Å²) in [5, 5.41) is 31.6. The average Bonchev–Trinajstić information content (AvgIpc) is 3.66. The van der Waals surface area contributed by atoms with E-state index in [2.05, 4.69) is 52.5 Å². The Kier molecular flexibility index (Phi) is 10.6. The Bertz CT molecular complexity index is 1030. The van der Waals surface area contributed by atoms with E-state index in [1.807, 2.05) is 6.08 Å². The first-order valence-electron chi connectivity index (χ1n) is 16.8. The molecule has 0 amide bonds. The van der Waals surface area contributed by atoms with E-state index in [0.717, 1.165) is 49.7 Å². The second-order valence-electron chi connectivity index (χ2n) is 14.8. The number of allylic oxidation sites excluding steroid dienone is 4. The number of fused-ring (bicyclic) bond motifs is 1. The van der Waals surface area contributed by atoms with Crippen LogP contribution in [-0.4, -0.2) is 39.4 Å². The summed E-state index contributed by atoms with van der Waals surface area (Å²) >= 11 is 0. The van der Waals surface area contributed by atoms with Crippen LogP contribution in [0, 0.1) is 28.1 Å². The van der Waals surface area contributed by atoms with Crippen molar-refractivity contribution in [3.8, 4) is 0 Å². The van der Waals surface area contributed by atoms with Gasteiger partial charge in [-0.25, -0.2) is 0 Å². The minimum absolute atomic E-state index is 0.0737. The van der Waals surface area contributed by atoms with E-state index in [1.165, 1.54) is 50.5 Å². The maximum Gasteiger partial charge on any atom is 0.141 e. The molecule has 6 atom stereocenters. The number of unbranched alkanes of at least 4 members (excludes halogenated alkanes) is 5. The number of hydrogen-bond donors (Lipinski definition) is 3. The molecule has 4 fully saturated rings. The van der Waals surface area contributed by atoms with Crippen molar-refractivity contribution in [3.63, 3.8) is 0 Å². The average molecular weight is 567 g/mol. The summed E-state index contributed by atoms with van der Waals surface area (Å²) in [6, 6.07) is 0. The summed E-state index contributed by atoms with van der Waals surface area (Å²) in [6.07, 6.45) is 22.8. The Balaban J connectivity index is 1.39. The number of rotatable bonds is 13. The van der Waals surface area contributed by atoms with Gasteiger partial charge < -0.3 is 15.3 Å². The van der Waals surface area contributed by atoms with Crippen LogP contribution in [0.2, 0.25) is 0 Å². The molecule has 0 bridgehead atoms. The van der Waals surface area contributed by atoms with Crippen molar-refractivity contribution >= 4 is 5.78 Å². The summed E-state index contributed by atoms with van der Waals surface area (Å²) < 4.78 is 0. The molecule has 0 aromatic carbocycles. The maximum atomic E-state index is 13.1. The molecule has 0 aromatic heterocycles. The monoisotopic (exact) mass is 566 g/mol. The number of aliphatic hydroxyl groups is 3. The van der Waals surface area contributed by atoms with Gasteiger partial charge in [0, 0.05) is 12.8 Å². The standard InChI is InChI=1S/C37H58O4/c1-6-7-8-9-10-11-14-33(40)37(22-23-37)34(41)19-21-35(3,4)32-18-17-30-27(13-12-20-36(30,32)5)15-16-28-24-29(38)25-31(39)26(28)2/h15-16,19,21,29-32,34,38-39,41H,2,6-14,17-18,20,22-25H2,1,3-5H3/b21-19+,27-15+,28-16-/t29-,30+,31+,32-,34-,36+/m1/s1. The molecule has 4 nitrogen and oxygen atoms in total. The molecule has 230 valence electrons. The van der Waals surface area contributed by atoms with Crippen LogP contribution in [0.4, 0.5) is 0 Å². The SMILES string of the molecule is C=C1/C(=C\C=C2/CCC[C@]3(C)[C@@H](C(C)(C)/C=C/[C@@H](O)C4(C(=O)CCCCCCCC)CC4)CC[C@@H]23)C[C@@H](O)C[C@@H]1O. The number of ketones is 1. The first-order chi connectivity index (χ1) is 19.4. The predicted molar refractivity (Wildman–Crippen MR) is 168 cm³/mol. The van der Waals surface area contributed by atoms with Gasteiger partial charge in [0.15, 0.2) is 0 Å². The van der Waals surface area contributed by atoms with E-state index in [9.17, 15) is 20.1 Å². The van der Waals surface area contributed by atoms with Crippen molar-refractivity contribution in [3.05, 3.63) is 47.6 Å². The predicted octanol–water partition coefficient (Wildman–Crippen LogP) is 8.17. The highest BCUT2D eigenvalue weighted by Crippen LogP contribution is 2.62. The minimum atomic E-state index is -0.679. The molecular weight excluding hydrogens is 508 g/mol. The Morgan fingerprint density at radius 1 is 1.07 bits per heavy atom. The van der Waals surface area contributed by atoms with Gasteiger partial charge in [0.25, 0.3) is 0 Å². The lowest BCUT2D eigenvalue weighted by Gasteiger charge is -2.47. The van der Waals surface area contributed by atoms with E-state index < -0.39 is 23.7 Å². The number of aliphatic hydroxyl groups excluding tert-OH is 3. The first-order valence-corrected chi connectivity index (χ1v) is 16.8. The molecule has 0 spiro atoms. The van der Waals surface area contributed by atoms with Crippen LogP contribution in [0.1, 0.15) is 130 Å². The van der Waals surface area contributed by atoms with Gasteiger partial charge in [-0.15, -0.1) is 0 Å². The van der Waals surface area contributed by atoms with E-state index in [4.69, 9.17) is 0 Å². The van der Waals surface area contributed by atoms with Gasteiger partial charge in [-0.2, -0.15) is 0 Å². The van der Waals surface area contributed by atoms with Crippen molar-refractivity contribution in [1.82, 2.24) is 0 Å². The van der Waals surface area contributed by atoms with Gasteiger partial charge in [-0.05, 0) is 91.6 Å². The molecule has 0 aromatic rings. The molecule has 0 aliphatic heterocycles. The highest BCUT2D eigenvalue weighted by Gasteiger charge is 2.55. The van der Waals surface area contributed by atoms with Gasteiger partial charge in [-0.3, -0.25) is 4.79 Å². The highest BCUT2D eigenvalue weighted by molar-refractivity contribution is 5.88. The third kappa shape index (κ3) is 7.19. The zero-order valence-corrected chi connectivity index (χ0v) is 26.5. The number of Topliss-reactive ketones (excluding diaryl/α,β-unsaturated/α-hetero) is 1. The van der Waals surface area contributed by atoms with Crippen molar-refractivity contribution in [2.45, 2.75) is 149 Å². The molecule has 3 N–H and O–H groups in total. The van der Waals surface area contributed by atoms with Gasteiger partial charge in [-0.1, -0.05) is 96.3 Å². The lowest BCUT2D eigenvalue weighted by atomic mass is 9.57. The Labute approximate surface area is 250 Å². The van der Waals surface area contributed by atoms with E-state index >= 15 is 0 Å². The zero-order valence-electron chi connectivity index (χ0n) is 26.5. The van der Waals surface area contributed by atoms with Gasteiger partial charge in [0.2, 0.25) is 0 Å². The number of carbonyl (C=O) groups excluding carboxylic acids is 1. The fourth-order valence-corrected chi connectivity index (χ4v) is 8.76. The third-order valence-corrected chi connectivity index (χ3v) is 11.5. The molecule has 0 unspecified atom stereocenters. The zero-order chi connectivity index (χ0) is 29.8. The molecule has 4 saturated carbocycles. The molecule has 0 saturated heterocycles. The lowest BCUT2D eigenvalue weighted by molar-refractivity contribution is -0.127. The van der Waals surface area contributed by atoms with Crippen LogP contribution in [0.5, 0.6) is 0 Å². The smallest absolute Gasteiger partial charge is 0.141 e. The fraction of sp³-hybridized carbons (Fsp3) is 0.757. The van der Waals surface area contributed by atoms with Crippen molar-refractivity contribution in [2.24, 2.45) is 28.1 Å². The van der Waals surface area contributed by atoms with Crippen LogP contribution < -0.4 is 0 Å². The Hall–Kier alpha value is -1.49. The topological polar surface area (TPSA) is 77.8 Å². The summed E-state index contributed by atoms with van der Waals surface area (Å²) in [7, 11) is 0. The number of hydrogen-bond acceptors (Lipinski definition) is 4. The van der Waals surface area contributed by atoms with Crippen molar-refractivity contribution in [2.75, 3.05) is 0 Å². The lowest BCUT2D eigenvalue weighted by Crippen LogP contribution is -2.39. The van der Waals surface area contributed by atoms with Crippen LogP contribution in [0.25, 0.3) is 0 Å². The molecule has 4 rings (SSSR count). The first kappa shape index (κ1) is 32.4. The maximum absolute atomic E-state index is 13.1. The summed E-state index contributed by atoms with van der Waals surface area (Å²) in [5.74, 6) is 1.30. The molecule has 4 heteroatoms. The van der Waals surface area contributed by atoms with Crippen molar-refractivity contribution in [1.29, 1.82) is 0 Å². The number of carbonyl (C=O) groups is 1. The quantitative estimate of drug-likeness (QED) is 0.155. The molecule has 4 aliphatic rings. The molecule has 41 heavy (non-hydrogen) atoms. The highest BCUT2D eigenvalue weighted by atomic mass is 16.3. The normalized spacial score (nSPS) is 34.4. The summed E-state index contributed by atoms with van der Waals surface area (Å²) in [6.45, 7) is 13.4. The summed E-state index contributed by atoms with van der Waals surface area (Å²) in [4.78, 5) is 13.1. The third-order valence-electron chi connectivity index (χ3n) is 11.5. The Morgan fingerprint density at radius 3 is 2.49 bits per heavy atom. The second kappa shape index (κ2) is 13.4. The largest absolute Gasteiger partial charge is 0.393 e.